The summed E-state index contributed by atoms with van der Waals surface area (Å²) in [5, 5.41) is 0. The summed E-state index contributed by atoms with van der Waals surface area (Å²) in [7, 11) is 0. The molecule has 1 atom stereocenters. The van der Waals surface area contributed by atoms with Crippen molar-refractivity contribution in [1.29, 1.82) is 0 Å². The fourth-order valence-corrected chi connectivity index (χ4v) is 10.9. The molecule has 0 aliphatic rings. The van der Waals surface area contributed by atoms with Gasteiger partial charge in [-0.3, -0.25) is 14.4 Å². The van der Waals surface area contributed by atoms with Gasteiger partial charge in [-0.05, 0) is 70.6 Å². The molecule has 0 aliphatic carbocycles. The lowest BCUT2D eigenvalue weighted by molar-refractivity contribution is -0.167. The third kappa shape index (κ3) is 66.4. The summed E-state index contributed by atoms with van der Waals surface area (Å²) >= 11 is 0. The molecule has 0 rings (SSSR count). The molecular formula is C74H138O6. The van der Waals surface area contributed by atoms with Crippen LogP contribution in [0.15, 0.2) is 36.5 Å². The molecule has 1 unspecified atom stereocenters. The van der Waals surface area contributed by atoms with Crippen molar-refractivity contribution in [1.82, 2.24) is 0 Å². The van der Waals surface area contributed by atoms with E-state index in [1.54, 1.807) is 0 Å². The van der Waals surface area contributed by atoms with Gasteiger partial charge in [0.05, 0.1) is 0 Å². The number of hydrogen-bond acceptors (Lipinski definition) is 6. The largest absolute Gasteiger partial charge is 0.462 e. The van der Waals surface area contributed by atoms with E-state index >= 15 is 0 Å². The minimum Gasteiger partial charge on any atom is -0.462 e. The van der Waals surface area contributed by atoms with Gasteiger partial charge >= 0.3 is 17.9 Å². The number of ether oxygens (including phenoxy) is 3. The van der Waals surface area contributed by atoms with E-state index in [2.05, 4.69) is 57.2 Å². The van der Waals surface area contributed by atoms with E-state index in [1.165, 1.54) is 289 Å². The molecule has 0 fully saturated rings. The molecule has 6 heteroatoms. The van der Waals surface area contributed by atoms with Crippen LogP contribution in [0.25, 0.3) is 0 Å². The molecule has 0 heterocycles. The molecule has 470 valence electrons. The number of unbranched alkanes of at least 4 members (excludes halogenated alkanes) is 50. The van der Waals surface area contributed by atoms with Crippen LogP contribution in [-0.2, 0) is 28.6 Å². The van der Waals surface area contributed by atoms with Gasteiger partial charge in [-0.1, -0.05) is 346 Å². The van der Waals surface area contributed by atoms with Gasteiger partial charge < -0.3 is 14.2 Å². The Balaban J connectivity index is 4.16. The van der Waals surface area contributed by atoms with E-state index < -0.39 is 6.10 Å². The highest BCUT2D eigenvalue weighted by molar-refractivity contribution is 5.71. The van der Waals surface area contributed by atoms with Gasteiger partial charge in [0.15, 0.2) is 6.10 Å². The second-order valence-corrected chi connectivity index (χ2v) is 24.5. The second kappa shape index (κ2) is 69.1. The van der Waals surface area contributed by atoms with Crippen molar-refractivity contribution in [3.63, 3.8) is 0 Å². The predicted octanol–water partition coefficient (Wildman–Crippen LogP) is 24.7. The van der Waals surface area contributed by atoms with Gasteiger partial charge in [0, 0.05) is 19.3 Å². The first-order valence-electron chi connectivity index (χ1n) is 36.0. The van der Waals surface area contributed by atoms with Crippen LogP contribution in [0.2, 0.25) is 0 Å². The van der Waals surface area contributed by atoms with Gasteiger partial charge in [0.25, 0.3) is 0 Å². The standard InChI is InChI=1S/C74H138O6/c1-4-7-10-13-16-19-22-24-26-28-30-32-34-36-37-38-40-41-43-45-47-49-52-55-58-61-64-67-73(76)79-70-71(69-78-72(75)66-63-60-57-54-51-21-18-15-12-9-6-3)80-74(77)68-65-62-59-56-53-50-48-46-44-42-39-35-33-31-29-27-25-23-20-17-14-11-8-5-2/h15,18,22,24,28,30,71H,4-14,16-17,19-21,23,25-27,29,31-70H2,1-3H3/b18-15-,24-22-,30-28-. The molecule has 0 amide bonds. The highest BCUT2D eigenvalue weighted by Crippen LogP contribution is 2.19. The van der Waals surface area contributed by atoms with Gasteiger partial charge in [0.1, 0.15) is 13.2 Å². The summed E-state index contributed by atoms with van der Waals surface area (Å²) in [4.78, 5) is 38.4. The first kappa shape index (κ1) is 77.6. The number of hydrogen-bond donors (Lipinski definition) is 0. The van der Waals surface area contributed by atoms with Crippen LogP contribution in [0, 0.1) is 0 Å². The number of esters is 3. The average Bonchev–Trinajstić information content (AvgIpc) is 3.46. The molecular weight excluding hydrogens is 985 g/mol. The highest BCUT2D eigenvalue weighted by Gasteiger charge is 2.19. The van der Waals surface area contributed by atoms with Crippen LogP contribution >= 0.6 is 0 Å². The van der Waals surface area contributed by atoms with E-state index in [-0.39, 0.29) is 31.1 Å². The van der Waals surface area contributed by atoms with E-state index in [9.17, 15) is 14.4 Å². The maximum Gasteiger partial charge on any atom is 0.306 e. The van der Waals surface area contributed by atoms with Crippen molar-refractivity contribution in [3.8, 4) is 0 Å². The zero-order valence-corrected chi connectivity index (χ0v) is 54.1. The first-order valence-corrected chi connectivity index (χ1v) is 36.0. The number of rotatable bonds is 67. The molecule has 0 aromatic carbocycles. The lowest BCUT2D eigenvalue weighted by atomic mass is 10.0. The monoisotopic (exact) mass is 1120 g/mol. The quantitative estimate of drug-likeness (QED) is 0.0261. The Morgan fingerprint density at radius 3 is 0.738 bits per heavy atom. The zero-order valence-electron chi connectivity index (χ0n) is 54.1. The molecule has 80 heavy (non-hydrogen) atoms. The van der Waals surface area contributed by atoms with Crippen LogP contribution in [0.1, 0.15) is 400 Å². The van der Waals surface area contributed by atoms with Crippen molar-refractivity contribution in [2.75, 3.05) is 13.2 Å². The van der Waals surface area contributed by atoms with Crippen LogP contribution in [0.3, 0.4) is 0 Å². The van der Waals surface area contributed by atoms with Crippen molar-refractivity contribution < 1.29 is 28.6 Å². The summed E-state index contributed by atoms with van der Waals surface area (Å²) in [6.45, 7) is 6.66. The fourth-order valence-electron chi connectivity index (χ4n) is 10.9. The van der Waals surface area contributed by atoms with E-state index in [1.807, 2.05) is 0 Å². The van der Waals surface area contributed by atoms with Gasteiger partial charge in [-0.25, -0.2) is 0 Å². The third-order valence-electron chi connectivity index (χ3n) is 16.4. The SMILES string of the molecule is CCCC/C=C\CCCCCCCC(=O)OCC(COC(=O)CCCCCCCCCCCCCCCCC/C=C\C/C=C\CCCCCCC)OC(=O)CCCCCCCCCCCCCCCCCCCCCCCCCC. The average molecular weight is 1120 g/mol. The summed E-state index contributed by atoms with van der Waals surface area (Å²) in [6.07, 6.45) is 86.2. The van der Waals surface area contributed by atoms with E-state index in [0.717, 1.165) is 70.6 Å². The molecule has 0 aromatic heterocycles. The summed E-state index contributed by atoms with van der Waals surface area (Å²) in [5.74, 6) is -0.851. The molecule has 0 bridgehead atoms. The highest BCUT2D eigenvalue weighted by atomic mass is 16.6. The molecule has 0 spiro atoms. The van der Waals surface area contributed by atoms with Crippen LogP contribution in [0.4, 0.5) is 0 Å². The smallest absolute Gasteiger partial charge is 0.306 e. The van der Waals surface area contributed by atoms with Crippen LogP contribution < -0.4 is 0 Å². The Bertz CT molecular complexity index is 1340. The van der Waals surface area contributed by atoms with Crippen LogP contribution in [-0.4, -0.2) is 37.2 Å². The lowest BCUT2D eigenvalue weighted by Crippen LogP contribution is -2.30. The lowest BCUT2D eigenvalue weighted by Gasteiger charge is -2.18. The molecule has 0 aromatic rings. The zero-order chi connectivity index (χ0) is 57.8. The first-order chi connectivity index (χ1) is 39.5. The number of carbonyl (C=O) groups excluding carboxylic acids is 3. The maximum absolute atomic E-state index is 12.9. The molecule has 6 nitrogen and oxygen atoms in total. The van der Waals surface area contributed by atoms with Crippen molar-refractivity contribution >= 4 is 17.9 Å². The van der Waals surface area contributed by atoms with Gasteiger partial charge in [-0.15, -0.1) is 0 Å². The minimum absolute atomic E-state index is 0.0696. The predicted molar refractivity (Wildman–Crippen MR) is 349 cm³/mol. The van der Waals surface area contributed by atoms with Crippen molar-refractivity contribution in [2.45, 2.75) is 406 Å². The summed E-state index contributed by atoms with van der Waals surface area (Å²) in [5.41, 5.74) is 0. The molecule has 0 saturated heterocycles. The maximum atomic E-state index is 12.9. The Hall–Kier alpha value is -2.37. The van der Waals surface area contributed by atoms with E-state index in [0.29, 0.717) is 19.3 Å². The number of carbonyl (C=O) groups is 3. The van der Waals surface area contributed by atoms with Crippen molar-refractivity contribution in [2.24, 2.45) is 0 Å². The molecule has 0 aliphatic heterocycles. The second-order valence-electron chi connectivity index (χ2n) is 24.5. The van der Waals surface area contributed by atoms with Gasteiger partial charge in [-0.2, -0.15) is 0 Å². The van der Waals surface area contributed by atoms with Crippen molar-refractivity contribution in [3.05, 3.63) is 36.5 Å². The molecule has 0 radical (unpaired) electrons. The minimum atomic E-state index is -0.773. The van der Waals surface area contributed by atoms with E-state index in [4.69, 9.17) is 14.2 Å². The third-order valence-corrected chi connectivity index (χ3v) is 16.4. The Kier molecular flexibility index (Phi) is 67.1. The van der Waals surface area contributed by atoms with Crippen LogP contribution in [0.5, 0.6) is 0 Å². The molecule has 0 N–H and O–H groups in total. The number of allylic oxidation sites excluding steroid dienone is 6. The van der Waals surface area contributed by atoms with Gasteiger partial charge in [0.2, 0.25) is 0 Å². The molecule has 0 saturated carbocycles. The normalized spacial score (nSPS) is 12.2. The fraction of sp³-hybridized carbons (Fsp3) is 0.878. The topological polar surface area (TPSA) is 78.9 Å². The summed E-state index contributed by atoms with van der Waals surface area (Å²) < 4.78 is 17.0. The Morgan fingerprint density at radius 2 is 0.463 bits per heavy atom. The Labute approximate surface area is 499 Å². The Morgan fingerprint density at radius 1 is 0.250 bits per heavy atom. The summed E-state index contributed by atoms with van der Waals surface area (Å²) in [6, 6.07) is 0.